The van der Waals surface area contributed by atoms with Gasteiger partial charge in [0.05, 0.1) is 5.69 Å². The van der Waals surface area contributed by atoms with E-state index in [4.69, 9.17) is 5.73 Å². The lowest BCUT2D eigenvalue weighted by atomic mass is 9.94. The molecule has 1 aliphatic rings. The van der Waals surface area contributed by atoms with Crippen LogP contribution in [0.4, 0.5) is 5.82 Å². The SMILES string of the molecule is Nc1ccc(CC2CCCN(S(=O)(=O)c3cccnc3)C2)nn1. The van der Waals surface area contributed by atoms with Crippen molar-refractivity contribution in [3.8, 4) is 0 Å². The van der Waals surface area contributed by atoms with Gasteiger partial charge in [-0.25, -0.2) is 8.42 Å². The first-order chi connectivity index (χ1) is 11.1. The normalized spacial score (nSPS) is 19.6. The third kappa shape index (κ3) is 3.65. The van der Waals surface area contributed by atoms with E-state index in [1.165, 1.54) is 6.20 Å². The van der Waals surface area contributed by atoms with Gasteiger partial charge < -0.3 is 5.73 Å². The van der Waals surface area contributed by atoms with Crippen molar-refractivity contribution in [1.82, 2.24) is 19.5 Å². The van der Waals surface area contributed by atoms with Crippen LogP contribution in [0, 0.1) is 5.92 Å². The molecular formula is C15H19N5O2S. The summed E-state index contributed by atoms with van der Waals surface area (Å²) in [5.74, 6) is 0.617. The number of nitrogen functional groups attached to an aromatic ring is 1. The van der Waals surface area contributed by atoms with Gasteiger partial charge in [0.15, 0.2) is 0 Å². The van der Waals surface area contributed by atoms with Crippen molar-refractivity contribution in [2.75, 3.05) is 18.8 Å². The lowest BCUT2D eigenvalue weighted by molar-refractivity contribution is 0.264. The molecule has 23 heavy (non-hydrogen) atoms. The van der Waals surface area contributed by atoms with Crippen molar-refractivity contribution in [2.24, 2.45) is 5.92 Å². The zero-order valence-electron chi connectivity index (χ0n) is 12.7. The minimum Gasteiger partial charge on any atom is -0.382 e. The van der Waals surface area contributed by atoms with E-state index >= 15 is 0 Å². The molecule has 1 fully saturated rings. The number of hydrogen-bond acceptors (Lipinski definition) is 6. The molecule has 1 saturated heterocycles. The predicted molar refractivity (Wildman–Crippen MR) is 85.9 cm³/mol. The van der Waals surface area contributed by atoms with Crippen LogP contribution < -0.4 is 5.73 Å². The molecule has 1 unspecified atom stereocenters. The summed E-state index contributed by atoms with van der Waals surface area (Å²) in [4.78, 5) is 4.15. The molecule has 0 saturated carbocycles. The molecule has 1 aliphatic heterocycles. The largest absolute Gasteiger partial charge is 0.382 e. The zero-order valence-corrected chi connectivity index (χ0v) is 13.5. The first-order valence-corrected chi connectivity index (χ1v) is 8.98. The highest BCUT2D eigenvalue weighted by Gasteiger charge is 2.30. The summed E-state index contributed by atoms with van der Waals surface area (Å²) in [5, 5.41) is 7.91. The number of pyridine rings is 1. The summed E-state index contributed by atoms with van der Waals surface area (Å²) in [6, 6.07) is 6.78. The van der Waals surface area contributed by atoms with Crippen LogP contribution in [0.2, 0.25) is 0 Å². The molecule has 0 radical (unpaired) electrons. The molecule has 0 amide bonds. The van der Waals surface area contributed by atoms with Crippen molar-refractivity contribution >= 4 is 15.8 Å². The number of nitrogens with two attached hydrogens (primary N) is 1. The number of rotatable bonds is 4. The second kappa shape index (κ2) is 6.59. The minimum absolute atomic E-state index is 0.230. The second-order valence-corrected chi connectivity index (χ2v) is 7.65. The van der Waals surface area contributed by atoms with Crippen LogP contribution in [-0.4, -0.2) is 41.0 Å². The Balaban J connectivity index is 1.72. The smallest absolute Gasteiger partial charge is 0.244 e. The molecule has 0 aromatic carbocycles. The Kier molecular flexibility index (Phi) is 4.53. The van der Waals surface area contributed by atoms with Crippen LogP contribution in [0.15, 0.2) is 41.6 Å². The highest BCUT2D eigenvalue weighted by atomic mass is 32.2. The maximum atomic E-state index is 12.7. The van der Waals surface area contributed by atoms with Gasteiger partial charge in [-0.2, -0.15) is 9.40 Å². The average molecular weight is 333 g/mol. The molecule has 2 N–H and O–H groups in total. The minimum atomic E-state index is -3.48. The Morgan fingerprint density at radius 2 is 2.13 bits per heavy atom. The molecule has 2 aromatic rings. The molecule has 1 atom stereocenters. The van der Waals surface area contributed by atoms with Crippen LogP contribution >= 0.6 is 0 Å². The highest BCUT2D eigenvalue weighted by molar-refractivity contribution is 7.89. The predicted octanol–water partition coefficient (Wildman–Crippen LogP) is 1.10. The monoisotopic (exact) mass is 333 g/mol. The van der Waals surface area contributed by atoms with Gasteiger partial charge in [-0.05, 0) is 49.4 Å². The topological polar surface area (TPSA) is 102 Å². The van der Waals surface area contributed by atoms with Gasteiger partial charge in [-0.1, -0.05) is 0 Å². The van der Waals surface area contributed by atoms with Gasteiger partial charge in [-0.3, -0.25) is 4.98 Å². The standard InChI is InChI=1S/C15H19N5O2S/c16-15-6-5-13(18-19-15)9-12-3-2-8-20(11-12)23(21,22)14-4-1-7-17-10-14/h1,4-7,10,12H,2-3,8-9,11H2,(H2,16,19). The molecule has 7 nitrogen and oxygen atoms in total. The number of aromatic nitrogens is 3. The first kappa shape index (κ1) is 15.8. The Bertz CT molecular complexity index is 749. The maximum Gasteiger partial charge on any atom is 0.244 e. The summed E-state index contributed by atoms with van der Waals surface area (Å²) in [7, 11) is -3.48. The van der Waals surface area contributed by atoms with Gasteiger partial charge in [0.1, 0.15) is 10.7 Å². The van der Waals surface area contributed by atoms with Crippen molar-refractivity contribution in [1.29, 1.82) is 0 Å². The molecule has 0 spiro atoms. The summed E-state index contributed by atoms with van der Waals surface area (Å²) >= 11 is 0. The fourth-order valence-corrected chi connectivity index (χ4v) is 4.35. The van der Waals surface area contributed by atoms with Crippen LogP contribution in [0.5, 0.6) is 0 Å². The van der Waals surface area contributed by atoms with E-state index in [0.29, 0.717) is 25.3 Å². The molecule has 8 heteroatoms. The van der Waals surface area contributed by atoms with Gasteiger partial charge in [0, 0.05) is 25.5 Å². The van der Waals surface area contributed by atoms with E-state index in [1.807, 2.05) is 6.07 Å². The van der Waals surface area contributed by atoms with E-state index in [1.54, 1.807) is 28.7 Å². The Hall–Kier alpha value is -2.06. The molecule has 122 valence electrons. The quantitative estimate of drug-likeness (QED) is 0.899. The van der Waals surface area contributed by atoms with Gasteiger partial charge in [0.2, 0.25) is 10.0 Å². The number of anilines is 1. The lowest BCUT2D eigenvalue weighted by Crippen LogP contribution is -2.40. The maximum absolute atomic E-state index is 12.7. The first-order valence-electron chi connectivity index (χ1n) is 7.54. The molecule has 0 aliphatic carbocycles. The zero-order chi connectivity index (χ0) is 16.3. The summed E-state index contributed by atoms with van der Waals surface area (Å²) in [6.45, 7) is 1.03. The molecular weight excluding hydrogens is 314 g/mol. The van der Waals surface area contributed by atoms with E-state index in [0.717, 1.165) is 18.5 Å². The average Bonchev–Trinajstić information content (AvgIpc) is 2.58. The third-order valence-corrected chi connectivity index (χ3v) is 5.84. The Morgan fingerprint density at radius 1 is 1.26 bits per heavy atom. The third-order valence-electron chi connectivity index (χ3n) is 3.99. The van der Waals surface area contributed by atoms with Crippen molar-refractivity contribution < 1.29 is 8.42 Å². The summed E-state index contributed by atoms with van der Waals surface area (Å²) < 4.78 is 26.9. The number of hydrogen-bond donors (Lipinski definition) is 1. The number of sulfonamides is 1. The van der Waals surface area contributed by atoms with E-state index in [9.17, 15) is 8.42 Å². The van der Waals surface area contributed by atoms with Crippen molar-refractivity contribution in [2.45, 2.75) is 24.2 Å². The fourth-order valence-electron chi connectivity index (χ4n) is 2.84. The Labute approximate surface area is 135 Å². The van der Waals surface area contributed by atoms with E-state index in [2.05, 4.69) is 15.2 Å². The fraction of sp³-hybridized carbons (Fsp3) is 0.400. The van der Waals surface area contributed by atoms with Crippen molar-refractivity contribution in [3.05, 3.63) is 42.4 Å². The number of nitrogens with zero attached hydrogens (tertiary/aromatic N) is 4. The summed E-state index contributed by atoms with van der Waals surface area (Å²) in [5.41, 5.74) is 6.37. The van der Waals surface area contributed by atoms with E-state index < -0.39 is 10.0 Å². The van der Waals surface area contributed by atoms with Crippen LogP contribution in [-0.2, 0) is 16.4 Å². The molecule has 2 aromatic heterocycles. The van der Waals surface area contributed by atoms with Gasteiger partial charge in [-0.15, -0.1) is 5.10 Å². The second-order valence-electron chi connectivity index (χ2n) is 5.71. The van der Waals surface area contributed by atoms with Gasteiger partial charge >= 0.3 is 0 Å². The van der Waals surface area contributed by atoms with Crippen molar-refractivity contribution in [3.63, 3.8) is 0 Å². The summed E-state index contributed by atoms with van der Waals surface area (Å²) in [6.07, 6.45) is 5.48. The molecule has 3 rings (SSSR count). The Morgan fingerprint density at radius 3 is 2.83 bits per heavy atom. The number of piperidine rings is 1. The van der Waals surface area contributed by atoms with Crippen LogP contribution in [0.1, 0.15) is 18.5 Å². The molecule has 0 bridgehead atoms. The van der Waals surface area contributed by atoms with Crippen LogP contribution in [0.3, 0.4) is 0 Å². The van der Waals surface area contributed by atoms with Crippen LogP contribution in [0.25, 0.3) is 0 Å². The molecule has 3 heterocycles. The lowest BCUT2D eigenvalue weighted by Gasteiger charge is -2.31. The highest BCUT2D eigenvalue weighted by Crippen LogP contribution is 2.25. The van der Waals surface area contributed by atoms with E-state index in [-0.39, 0.29) is 10.8 Å². The van der Waals surface area contributed by atoms with Gasteiger partial charge in [0.25, 0.3) is 0 Å².